The molecule has 0 atom stereocenters. The van der Waals surface area contributed by atoms with Crippen molar-refractivity contribution in [3.8, 4) is 11.9 Å². The number of nitrogens with zero attached hydrogens (tertiary/aromatic N) is 5. The molecule has 4 aromatic rings. The first-order valence-electron chi connectivity index (χ1n) is 16.4. The van der Waals surface area contributed by atoms with Crippen LogP contribution in [0.15, 0.2) is 54.6 Å². The number of Topliss-reactive ketones (excluding diaryl/α,β-unsaturated/α-hetero) is 1. The number of carbonyl (C=O) groups excluding carboxylic acids is 2. The summed E-state index contributed by atoms with van der Waals surface area (Å²) in [5.74, 6) is 0.917. The standard InChI is InChI=1S/C37H38FN5O4/c1-46-36(45)27-9-10-31-32(20-27)43(23-37(13-14-37)15-16-39)33(40-31)21-42-17-11-24(12-18-42)30-3-2-4-34(41-30)47-22-28-8-7-26(19-29(28)38)35(44)25-5-6-25/h2-4,7-10,19-20,24-25H,5-6,11-15,17-18,21-23H2,1H3. The molecule has 0 amide bonds. The number of likely N-dealkylation sites (tertiary alicyclic amines) is 1. The molecule has 2 aliphatic carbocycles. The van der Waals surface area contributed by atoms with Crippen LogP contribution < -0.4 is 4.74 Å². The quantitative estimate of drug-likeness (QED) is 0.127. The molecule has 0 spiro atoms. The number of ketones is 1. The number of aromatic nitrogens is 3. The zero-order valence-corrected chi connectivity index (χ0v) is 26.6. The number of hydrogen-bond acceptors (Lipinski definition) is 8. The van der Waals surface area contributed by atoms with Crippen molar-refractivity contribution in [3.05, 3.63) is 88.6 Å². The predicted molar refractivity (Wildman–Crippen MR) is 172 cm³/mol. The van der Waals surface area contributed by atoms with Gasteiger partial charge in [-0.3, -0.25) is 9.69 Å². The number of ether oxygens (including phenoxy) is 2. The minimum Gasteiger partial charge on any atom is -0.473 e. The van der Waals surface area contributed by atoms with Gasteiger partial charge >= 0.3 is 5.97 Å². The van der Waals surface area contributed by atoms with Crippen LogP contribution in [0, 0.1) is 28.5 Å². The summed E-state index contributed by atoms with van der Waals surface area (Å²) in [6, 6.07) is 18.2. The van der Waals surface area contributed by atoms with Crippen molar-refractivity contribution < 1.29 is 23.5 Å². The van der Waals surface area contributed by atoms with Gasteiger partial charge in [-0.05, 0) is 81.9 Å². The van der Waals surface area contributed by atoms with E-state index in [0.717, 1.165) is 74.2 Å². The predicted octanol–water partition coefficient (Wildman–Crippen LogP) is 6.60. The highest BCUT2D eigenvalue weighted by atomic mass is 19.1. The molecular weight excluding hydrogens is 597 g/mol. The first-order chi connectivity index (χ1) is 22.8. The zero-order chi connectivity index (χ0) is 32.5. The van der Waals surface area contributed by atoms with Gasteiger partial charge in [0, 0.05) is 53.1 Å². The monoisotopic (exact) mass is 635 g/mol. The van der Waals surface area contributed by atoms with Gasteiger partial charge in [0.15, 0.2) is 5.78 Å². The molecule has 1 saturated heterocycles. The number of piperidine rings is 1. The molecule has 10 heteroatoms. The van der Waals surface area contributed by atoms with Crippen LogP contribution in [0.25, 0.3) is 11.0 Å². The Hall–Kier alpha value is -4.62. The molecule has 0 bridgehead atoms. The third-order valence-electron chi connectivity index (χ3n) is 9.93. The van der Waals surface area contributed by atoms with Crippen molar-refractivity contribution in [3.63, 3.8) is 0 Å². The molecule has 2 aromatic heterocycles. The molecule has 1 aliphatic heterocycles. The van der Waals surface area contributed by atoms with Crippen LogP contribution in [-0.2, 0) is 24.4 Å². The van der Waals surface area contributed by atoms with Gasteiger partial charge in [0.2, 0.25) is 5.88 Å². The molecule has 3 aliphatic rings. The Morgan fingerprint density at radius 1 is 1.02 bits per heavy atom. The maximum atomic E-state index is 14.7. The van der Waals surface area contributed by atoms with Gasteiger partial charge in [0.1, 0.15) is 18.2 Å². The number of carbonyl (C=O) groups is 2. The van der Waals surface area contributed by atoms with E-state index in [1.165, 1.54) is 13.2 Å². The lowest BCUT2D eigenvalue weighted by atomic mass is 9.93. The van der Waals surface area contributed by atoms with Crippen molar-refractivity contribution in [2.45, 2.75) is 70.6 Å². The zero-order valence-electron chi connectivity index (χ0n) is 26.6. The molecule has 9 nitrogen and oxygen atoms in total. The number of halogens is 1. The van der Waals surface area contributed by atoms with Crippen LogP contribution in [-0.4, -0.2) is 51.4 Å². The van der Waals surface area contributed by atoms with E-state index in [9.17, 15) is 19.2 Å². The molecular formula is C37H38FN5O4. The molecule has 0 unspecified atom stereocenters. The van der Waals surface area contributed by atoms with Crippen molar-refractivity contribution in [1.82, 2.24) is 19.4 Å². The van der Waals surface area contributed by atoms with E-state index in [1.807, 2.05) is 24.3 Å². The Morgan fingerprint density at radius 3 is 2.51 bits per heavy atom. The van der Waals surface area contributed by atoms with Crippen LogP contribution >= 0.6 is 0 Å². The third-order valence-corrected chi connectivity index (χ3v) is 9.93. The molecule has 3 fully saturated rings. The van der Waals surface area contributed by atoms with E-state index >= 15 is 0 Å². The van der Waals surface area contributed by atoms with Crippen LogP contribution in [0.4, 0.5) is 4.39 Å². The van der Waals surface area contributed by atoms with Crippen LogP contribution in [0.1, 0.15) is 88.7 Å². The second kappa shape index (κ2) is 12.9. The van der Waals surface area contributed by atoms with Crippen LogP contribution in [0.2, 0.25) is 0 Å². The van der Waals surface area contributed by atoms with Gasteiger partial charge in [-0.15, -0.1) is 0 Å². The Kier molecular flexibility index (Phi) is 8.50. The van der Waals surface area contributed by atoms with E-state index in [-0.39, 0.29) is 35.6 Å². The lowest BCUT2D eigenvalue weighted by Gasteiger charge is -2.31. The molecule has 2 saturated carbocycles. The fourth-order valence-electron chi connectivity index (χ4n) is 6.66. The summed E-state index contributed by atoms with van der Waals surface area (Å²) in [6.45, 7) is 3.15. The van der Waals surface area contributed by atoms with Gasteiger partial charge in [0.05, 0.1) is 36.3 Å². The SMILES string of the molecule is COC(=O)c1ccc2nc(CN3CCC(c4cccc(OCc5ccc(C(=O)C6CC6)cc5F)n4)CC3)n(CC3(CC#N)CC3)c2c1. The summed E-state index contributed by atoms with van der Waals surface area (Å²) in [7, 11) is 1.38. The maximum Gasteiger partial charge on any atom is 0.337 e. The Balaban J connectivity index is 0.999. The van der Waals surface area contributed by atoms with Crippen molar-refractivity contribution >= 4 is 22.8 Å². The molecule has 2 aromatic carbocycles. The highest BCUT2D eigenvalue weighted by Crippen LogP contribution is 2.50. The smallest absolute Gasteiger partial charge is 0.337 e. The average Bonchev–Trinajstić information content (AvgIpc) is 4.03. The van der Waals surface area contributed by atoms with Gasteiger partial charge in [-0.25, -0.2) is 19.2 Å². The Bertz CT molecular complexity index is 1860. The maximum absolute atomic E-state index is 14.7. The average molecular weight is 636 g/mol. The summed E-state index contributed by atoms with van der Waals surface area (Å²) >= 11 is 0. The molecule has 7 rings (SSSR count). The van der Waals surface area contributed by atoms with E-state index in [0.29, 0.717) is 42.1 Å². The number of methoxy groups -OCH3 is 1. The lowest BCUT2D eigenvalue weighted by molar-refractivity contribution is 0.0600. The number of rotatable bonds is 12. The summed E-state index contributed by atoms with van der Waals surface area (Å²) in [4.78, 5) is 36.7. The fraction of sp³-hybridized carbons (Fsp3) is 0.432. The topological polar surface area (TPSA) is 110 Å². The third kappa shape index (κ3) is 6.77. The highest BCUT2D eigenvalue weighted by molar-refractivity contribution is 5.99. The number of fused-ring (bicyclic) bond motifs is 1. The van der Waals surface area contributed by atoms with Crippen molar-refractivity contribution in [2.24, 2.45) is 11.3 Å². The van der Waals surface area contributed by atoms with E-state index in [4.69, 9.17) is 19.4 Å². The van der Waals surface area contributed by atoms with Gasteiger partial charge in [-0.1, -0.05) is 18.2 Å². The number of pyridine rings is 1. The Labute approximate surface area is 273 Å². The first kappa shape index (κ1) is 31.0. The molecule has 3 heterocycles. The first-order valence-corrected chi connectivity index (χ1v) is 16.4. The summed E-state index contributed by atoms with van der Waals surface area (Å²) in [6.07, 6.45) is 6.16. The van der Waals surface area contributed by atoms with Gasteiger partial charge in [-0.2, -0.15) is 5.26 Å². The largest absolute Gasteiger partial charge is 0.473 e. The molecule has 0 radical (unpaired) electrons. The van der Waals surface area contributed by atoms with Gasteiger partial charge in [0.25, 0.3) is 0 Å². The number of hydrogen-bond donors (Lipinski definition) is 0. The minimum atomic E-state index is -0.435. The normalized spacial score (nSPS) is 17.7. The van der Waals surface area contributed by atoms with Crippen molar-refractivity contribution in [1.29, 1.82) is 5.26 Å². The van der Waals surface area contributed by atoms with Crippen LogP contribution in [0.5, 0.6) is 5.88 Å². The number of esters is 1. The van der Waals surface area contributed by atoms with E-state index in [1.54, 1.807) is 24.3 Å². The van der Waals surface area contributed by atoms with Crippen molar-refractivity contribution in [2.75, 3.05) is 20.2 Å². The van der Waals surface area contributed by atoms with E-state index < -0.39 is 5.82 Å². The molecule has 0 N–H and O–H groups in total. The number of nitriles is 1. The summed E-state index contributed by atoms with van der Waals surface area (Å²) in [5, 5.41) is 9.45. The highest BCUT2D eigenvalue weighted by Gasteiger charge is 2.43. The second-order valence-electron chi connectivity index (χ2n) is 13.3. The van der Waals surface area contributed by atoms with Gasteiger partial charge < -0.3 is 14.0 Å². The van der Waals surface area contributed by atoms with E-state index in [2.05, 4.69) is 15.5 Å². The minimum absolute atomic E-state index is 0.0203. The fourth-order valence-corrected chi connectivity index (χ4v) is 6.66. The lowest BCUT2D eigenvalue weighted by Crippen LogP contribution is -2.34. The molecule has 47 heavy (non-hydrogen) atoms. The molecule has 242 valence electrons. The van der Waals surface area contributed by atoms with Crippen LogP contribution in [0.3, 0.4) is 0 Å². The second-order valence-corrected chi connectivity index (χ2v) is 13.3. The number of benzene rings is 2. The summed E-state index contributed by atoms with van der Waals surface area (Å²) in [5.41, 5.74) is 3.96. The number of imidazole rings is 1. The Morgan fingerprint density at radius 2 is 1.81 bits per heavy atom. The summed E-state index contributed by atoms with van der Waals surface area (Å²) < 4.78 is 27.8.